The van der Waals surface area contributed by atoms with Gasteiger partial charge in [0, 0.05) is 19.5 Å². The number of carboxylic acids is 1. The van der Waals surface area contributed by atoms with Crippen LogP contribution in [-0.4, -0.2) is 42.0 Å². The van der Waals surface area contributed by atoms with Gasteiger partial charge in [-0.15, -0.1) is 12.4 Å². The SMILES string of the molecule is Cc1cc(F)cc(C)c1C1=C(c2ccc(CC3CCN(CCC(F)F)C3)cc2)c2ccc(C(=O)O)cc2CCC1.Cl. The number of nitrogens with zero attached hydrogens (tertiary/aromatic N) is 1. The Bertz CT molecular complexity index is 1410. The molecule has 0 radical (unpaired) electrons. The summed E-state index contributed by atoms with van der Waals surface area (Å²) in [7, 11) is 0. The molecule has 1 saturated heterocycles. The number of hydrogen-bond donors (Lipinski definition) is 1. The van der Waals surface area contributed by atoms with Crippen molar-refractivity contribution >= 4 is 29.5 Å². The molecule has 0 aromatic heterocycles. The van der Waals surface area contributed by atoms with Gasteiger partial charge in [-0.25, -0.2) is 18.0 Å². The van der Waals surface area contributed by atoms with Gasteiger partial charge in [-0.05, 0) is 133 Å². The van der Waals surface area contributed by atoms with Gasteiger partial charge >= 0.3 is 5.97 Å². The molecule has 1 heterocycles. The van der Waals surface area contributed by atoms with Crippen LogP contribution in [0.3, 0.4) is 0 Å². The number of likely N-dealkylation sites (tertiary alicyclic amines) is 1. The average molecular weight is 584 g/mol. The zero-order valence-corrected chi connectivity index (χ0v) is 24.4. The molecule has 2 aliphatic rings. The molecule has 0 saturated carbocycles. The minimum atomic E-state index is -2.25. The number of halogens is 4. The summed E-state index contributed by atoms with van der Waals surface area (Å²) in [5, 5.41) is 9.60. The quantitative estimate of drug-likeness (QED) is 0.289. The van der Waals surface area contributed by atoms with Crippen LogP contribution in [-0.2, 0) is 12.8 Å². The summed E-state index contributed by atoms with van der Waals surface area (Å²) in [5.41, 5.74) is 9.68. The highest BCUT2D eigenvalue weighted by Gasteiger charge is 2.25. The molecule has 0 amide bonds. The standard InChI is InChI=1S/C34H36F3NO2.ClH/c1-21-16-28(35)17-22(2)32(21)30-5-3-4-26-19-27(34(39)40)10-11-29(26)33(30)25-8-6-23(7-9-25)18-24-12-14-38(20-24)15-13-31(36)37;/h6-11,16-17,19,24,31H,3-5,12-15,18,20H2,1-2H3,(H,39,40);1H. The Hall–Kier alpha value is -3.09. The number of fused-ring (bicyclic) bond motifs is 1. The van der Waals surface area contributed by atoms with Crippen LogP contribution in [0.1, 0.15) is 75.0 Å². The van der Waals surface area contributed by atoms with Gasteiger partial charge in [0.25, 0.3) is 0 Å². The first-order valence-electron chi connectivity index (χ1n) is 14.2. The van der Waals surface area contributed by atoms with Crippen LogP contribution in [0.2, 0.25) is 0 Å². The highest BCUT2D eigenvalue weighted by molar-refractivity contribution is 6.01. The van der Waals surface area contributed by atoms with Crippen molar-refractivity contribution in [3.05, 3.63) is 105 Å². The van der Waals surface area contributed by atoms with Crippen molar-refractivity contribution in [1.82, 2.24) is 4.90 Å². The third-order valence-corrected chi connectivity index (χ3v) is 8.40. The second-order valence-corrected chi connectivity index (χ2v) is 11.3. The minimum Gasteiger partial charge on any atom is -0.478 e. The van der Waals surface area contributed by atoms with Crippen molar-refractivity contribution in [1.29, 1.82) is 0 Å². The molecule has 0 spiro atoms. The lowest BCUT2D eigenvalue weighted by Gasteiger charge is -2.20. The molecule has 0 bridgehead atoms. The van der Waals surface area contributed by atoms with Crippen LogP contribution in [0.4, 0.5) is 13.2 Å². The summed E-state index contributed by atoms with van der Waals surface area (Å²) in [4.78, 5) is 13.9. The molecule has 1 fully saturated rings. The van der Waals surface area contributed by atoms with Crippen LogP contribution in [0.5, 0.6) is 0 Å². The van der Waals surface area contributed by atoms with Crippen molar-refractivity contribution in [3.8, 4) is 0 Å². The number of allylic oxidation sites excluding steroid dienone is 1. The Morgan fingerprint density at radius 2 is 1.73 bits per heavy atom. The third-order valence-electron chi connectivity index (χ3n) is 8.40. The largest absolute Gasteiger partial charge is 0.478 e. The van der Waals surface area contributed by atoms with E-state index in [0.29, 0.717) is 12.5 Å². The summed E-state index contributed by atoms with van der Waals surface area (Å²) in [5.74, 6) is -0.729. The smallest absolute Gasteiger partial charge is 0.335 e. The van der Waals surface area contributed by atoms with Gasteiger partial charge in [0.2, 0.25) is 6.43 Å². The van der Waals surface area contributed by atoms with Crippen LogP contribution in [0.15, 0.2) is 54.6 Å². The second-order valence-electron chi connectivity index (χ2n) is 11.3. The number of aryl methyl sites for hydroxylation is 3. The number of aromatic carboxylic acids is 1. The van der Waals surface area contributed by atoms with E-state index in [1.54, 1.807) is 24.3 Å². The first-order valence-corrected chi connectivity index (χ1v) is 14.2. The van der Waals surface area contributed by atoms with Gasteiger partial charge in [0.05, 0.1) is 5.56 Å². The zero-order valence-electron chi connectivity index (χ0n) is 23.6. The van der Waals surface area contributed by atoms with E-state index in [9.17, 15) is 23.1 Å². The molecule has 1 aliphatic heterocycles. The van der Waals surface area contributed by atoms with Crippen LogP contribution < -0.4 is 0 Å². The molecule has 7 heteroatoms. The maximum absolute atomic E-state index is 14.2. The zero-order chi connectivity index (χ0) is 28.4. The van der Waals surface area contributed by atoms with E-state index in [-0.39, 0.29) is 30.2 Å². The van der Waals surface area contributed by atoms with Gasteiger partial charge in [0.15, 0.2) is 0 Å². The Morgan fingerprint density at radius 1 is 1.02 bits per heavy atom. The summed E-state index contributed by atoms with van der Waals surface area (Å²) < 4.78 is 39.5. The van der Waals surface area contributed by atoms with E-state index in [1.165, 1.54) is 5.56 Å². The fourth-order valence-corrected chi connectivity index (χ4v) is 6.59. The molecule has 5 rings (SSSR count). The number of carbonyl (C=O) groups is 1. The summed E-state index contributed by atoms with van der Waals surface area (Å²) in [6.45, 7) is 6.08. The predicted molar refractivity (Wildman–Crippen MR) is 161 cm³/mol. The molecule has 1 N–H and O–H groups in total. The van der Waals surface area contributed by atoms with E-state index in [4.69, 9.17) is 0 Å². The summed E-state index contributed by atoms with van der Waals surface area (Å²) in [6, 6.07) is 17.1. The third kappa shape index (κ3) is 7.04. The fraction of sp³-hybridized carbons (Fsp3) is 0.382. The molecule has 3 aromatic rings. The lowest BCUT2D eigenvalue weighted by atomic mass is 9.84. The molecule has 1 aliphatic carbocycles. The Kier molecular flexibility index (Phi) is 9.98. The minimum absolute atomic E-state index is 0. The van der Waals surface area contributed by atoms with Gasteiger partial charge in [0.1, 0.15) is 5.82 Å². The highest BCUT2D eigenvalue weighted by Crippen LogP contribution is 2.42. The monoisotopic (exact) mass is 583 g/mol. The number of alkyl halides is 2. The van der Waals surface area contributed by atoms with Crippen LogP contribution in [0, 0.1) is 25.6 Å². The molecule has 1 unspecified atom stereocenters. The highest BCUT2D eigenvalue weighted by atomic mass is 35.5. The van der Waals surface area contributed by atoms with Crippen LogP contribution >= 0.6 is 12.4 Å². The lowest BCUT2D eigenvalue weighted by Crippen LogP contribution is -2.23. The molecule has 1 atom stereocenters. The van der Waals surface area contributed by atoms with Gasteiger partial charge in [-0.2, -0.15) is 0 Å². The lowest BCUT2D eigenvalue weighted by molar-refractivity contribution is 0.0696. The number of carboxylic acid groups (broad SMARTS) is 1. The Morgan fingerprint density at radius 3 is 2.39 bits per heavy atom. The van der Waals surface area contributed by atoms with Gasteiger partial charge < -0.3 is 10.0 Å². The van der Waals surface area contributed by atoms with Crippen molar-refractivity contribution in [2.75, 3.05) is 19.6 Å². The van der Waals surface area contributed by atoms with Gasteiger partial charge in [-0.3, -0.25) is 0 Å². The second kappa shape index (κ2) is 13.3. The molecular weight excluding hydrogens is 547 g/mol. The Balaban J connectivity index is 0.00000387. The molecule has 3 aromatic carbocycles. The first-order chi connectivity index (χ1) is 19.2. The molecule has 218 valence electrons. The molecule has 41 heavy (non-hydrogen) atoms. The number of benzene rings is 3. The summed E-state index contributed by atoms with van der Waals surface area (Å²) >= 11 is 0. The average Bonchev–Trinajstić information content (AvgIpc) is 3.26. The maximum atomic E-state index is 14.2. The summed E-state index contributed by atoms with van der Waals surface area (Å²) in [6.07, 6.45) is 2.05. The van der Waals surface area contributed by atoms with E-state index in [1.807, 2.05) is 19.9 Å². The normalized spacial score (nSPS) is 17.4. The van der Waals surface area contributed by atoms with E-state index in [0.717, 1.165) is 89.7 Å². The topological polar surface area (TPSA) is 40.5 Å². The molecular formula is C34H37ClF3NO2. The van der Waals surface area contributed by atoms with Crippen molar-refractivity contribution in [2.24, 2.45) is 5.92 Å². The predicted octanol–water partition coefficient (Wildman–Crippen LogP) is 8.38. The van der Waals surface area contributed by atoms with Crippen molar-refractivity contribution in [3.63, 3.8) is 0 Å². The van der Waals surface area contributed by atoms with E-state index >= 15 is 0 Å². The van der Waals surface area contributed by atoms with E-state index < -0.39 is 12.4 Å². The fourth-order valence-electron chi connectivity index (χ4n) is 6.59. The molecule has 3 nitrogen and oxygen atoms in total. The van der Waals surface area contributed by atoms with Gasteiger partial charge in [-0.1, -0.05) is 30.3 Å². The maximum Gasteiger partial charge on any atom is 0.335 e. The van der Waals surface area contributed by atoms with Crippen LogP contribution in [0.25, 0.3) is 11.1 Å². The van der Waals surface area contributed by atoms with Crippen molar-refractivity contribution in [2.45, 2.75) is 58.8 Å². The Labute approximate surface area is 246 Å². The van der Waals surface area contributed by atoms with Crippen molar-refractivity contribution < 1.29 is 23.1 Å². The number of hydrogen-bond acceptors (Lipinski definition) is 2. The number of rotatable bonds is 8. The van der Waals surface area contributed by atoms with E-state index in [2.05, 4.69) is 29.2 Å². The first kappa shape index (κ1) is 30.9.